The fourth-order valence-corrected chi connectivity index (χ4v) is 2.41. The summed E-state index contributed by atoms with van der Waals surface area (Å²) in [6.45, 7) is 2.54. The Morgan fingerprint density at radius 3 is 1.56 bits per heavy atom. The van der Waals surface area contributed by atoms with Gasteiger partial charge in [-0.15, -0.1) is 0 Å². The van der Waals surface area contributed by atoms with Crippen LogP contribution >= 0.6 is 0 Å². The second-order valence-corrected chi connectivity index (χ2v) is 7.48. The first-order valence-corrected chi connectivity index (χ1v) is 9.87. The first kappa shape index (κ1) is 28.7. The number of aliphatic hydroxyl groups excluding tert-OH is 1. The van der Waals surface area contributed by atoms with E-state index in [4.69, 9.17) is 17.2 Å². The molecule has 11 N–H and O–H groups in total. The maximum atomic E-state index is 12.6. The number of rotatable bonds is 15. The summed E-state index contributed by atoms with van der Waals surface area (Å²) in [6.07, 6.45) is -1.22. The Kier molecular flexibility index (Phi) is 12.5. The van der Waals surface area contributed by atoms with Gasteiger partial charge in [0.05, 0.1) is 12.6 Å². The lowest BCUT2D eigenvalue weighted by molar-refractivity contribution is -0.143. The van der Waals surface area contributed by atoms with E-state index in [9.17, 15) is 39.0 Å². The maximum absolute atomic E-state index is 12.6. The maximum Gasteiger partial charge on any atom is 0.326 e. The topological polar surface area (TPSA) is 257 Å². The molecule has 0 spiro atoms. The fraction of sp³-hybridized carbons (Fsp3) is 0.667. The van der Waals surface area contributed by atoms with Gasteiger partial charge in [-0.3, -0.25) is 24.0 Å². The molecule has 0 fully saturated rings. The Labute approximate surface area is 184 Å². The van der Waals surface area contributed by atoms with Crippen molar-refractivity contribution in [2.45, 2.75) is 63.7 Å². The van der Waals surface area contributed by atoms with E-state index >= 15 is 0 Å². The zero-order valence-electron chi connectivity index (χ0n) is 18.0. The molecular weight excluding hydrogens is 428 g/mol. The molecule has 0 aliphatic carbocycles. The van der Waals surface area contributed by atoms with Gasteiger partial charge in [-0.05, 0) is 18.8 Å². The van der Waals surface area contributed by atoms with Crippen LogP contribution in [0.4, 0.5) is 0 Å². The van der Waals surface area contributed by atoms with E-state index in [1.54, 1.807) is 13.8 Å². The molecule has 4 atom stereocenters. The minimum absolute atomic E-state index is 0.250. The Bertz CT molecular complexity index is 714. The lowest BCUT2D eigenvalue weighted by Crippen LogP contribution is -2.58. The standard InChI is InChI=1S/C18H32N6O8/c1-8(2)14(21)17(30)24-11(7-25)16(29)22-9(3-5-12(19)26)15(28)23-10(18(31)32)4-6-13(20)27/h8-11,14,25H,3-7,21H2,1-2H3,(H2,19,26)(H2,20,27)(H,22,29)(H,23,28)(H,24,30)(H,31,32). The van der Waals surface area contributed by atoms with Gasteiger partial charge in [0, 0.05) is 12.8 Å². The zero-order valence-corrected chi connectivity index (χ0v) is 18.0. The molecule has 0 aliphatic heterocycles. The molecule has 0 aromatic rings. The first-order chi connectivity index (χ1) is 14.8. The molecule has 5 amide bonds. The number of carboxylic acid groups (broad SMARTS) is 1. The highest BCUT2D eigenvalue weighted by Gasteiger charge is 2.30. The summed E-state index contributed by atoms with van der Waals surface area (Å²) in [5, 5.41) is 25.3. The molecule has 4 unspecified atom stereocenters. The largest absolute Gasteiger partial charge is 0.480 e. The van der Waals surface area contributed by atoms with E-state index in [1.807, 2.05) is 0 Å². The van der Waals surface area contributed by atoms with Crippen molar-refractivity contribution in [3.05, 3.63) is 0 Å². The average molecular weight is 460 g/mol. The fourth-order valence-electron chi connectivity index (χ4n) is 2.41. The molecule has 0 radical (unpaired) electrons. The van der Waals surface area contributed by atoms with E-state index in [1.165, 1.54) is 0 Å². The van der Waals surface area contributed by atoms with E-state index in [2.05, 4.69) is 16.0 Å². The Morgan fingerprint density at radius 1 is 0.750 bits per heavy atom. The molecule has 32 heavy (non-hydrogen) atoms. The number of carbonyl (C=O) groups is 6. The zero-order chi connectivity index (χ0) is 25.0. The van der Waals surface area contributed by atoms with Gasteiger partial charge in [0.15, 0.2) is 0 Å². The predicted molar refractivity (Wildman–Crippen MR) is 110 cm³/mol. The minimum Gasteiger partial charge on any atom is -0.480 e. The van der Waals surface area contributed by atoms with Crippen LogP contribution in [0.15, 0.2) is 0 Å². The molecule has 0 saturated carbocycles. The molecule has 0 heterocycles. The molecule has 0 bridgehead atoms. The number of aliphatic carboxylic acids is 1. The summed E-state index contributed by atoms with van der Waals surface area (Å²) >= 11 is 0. The quantitative estimate of drug-likeness (QED) is 0.118. The second kappa shape index (κ2) is 13.9. The number of carboxylic acids is 1. The molecule has 182 valence electrons. The van der Waals surface area contributed by atoms with Crippen molar-refractivity contribution in [1.82, 2.24) is 16.0 Å². The normalized spacial score (nSPS) is 14.5. The van der Waals surface area contributed by atoms with Gasteiger partial charge in [-0.25, -0.2) is 4.79 Å². The van der Waals surface area contributed by atoms with Crippen molar-refractivity contribution < 1.29 is 39.0 Å². The molecule has 0 saturated heterocycles. The third-order valence-corrected chi connectivity index (χ3v) is 4.44. The van der Waals surface area contributed by atoms with Crippen LogP contribution in [0.1, 0.15) is 39.5 Å². The molecule has 0 aliphatic rings. The van der Waals surface area contributed by atoms with Crippen LogP contribution in [0.3, 0.4) is 0 Å². The third-order valence-electron chi connectivity index (χ3n) is 4.44. The monoisotopic (exact) mass is 460 g/mol. The number of carbonyl (C=O) groups excluding carboxylic acids is 5. The number of aliphatic hydroxyl groups is 1. The van der Waals surface area contributed by atoms with Crippen molar-refractivity contribution in [2.75, 3.05) is 6.61 Å². The summed E-state index contributed by atoms with van der Waals surface area (Å²) in [5.74, 6) is -5.89. The van der Waals surface area contributed by atoms with Crippen molar-refractivity contribution in [3.63, 3.8) is 0 Å². The van der Waals surface area contributed by atoms with Gasteiger partial charge in [0.1, 0.15) is 18.1 Å². The van der Waals surface area contributed by atoms with Gasteiger partial charge in [-0.2, -0.15) is 0 Å². The number of hydrogen-bond donors (Lipinski definition) is 8. The van der Waals surface area contributed by atoms with Crippen LogP contribution in [-0.2, 0) is 28.8 Å². The number of primary amides is 2. The van der Waals surface area contributed by atoms with Crippen LogP contribution in [0.5, 0.6) is 0 Å². The van der Waals surface area contributed by atoms with E-state index in [-0.39, 0.29) is 31.6 Å². The van der Waals surface area contributed by atoms with Crippen LogP contribution in [0, 0.1) is 5.92 Å². The van der Waals surface area contributed by atoms with E-state index in [0.717, 1.165) is 0 Å². The van der Waals surface area contributed by atoms with Gasteiger partial charge in [0.2, 0.25) is 29.5 Å². The van der Waals surface area contributed by atoms with Crippen molar-refractivity contribution >= 4 is 35.5 Å². The van der Waals surface area contributed by atoms with Crippen LogP contribution in [0.2, 0.25) is 0 Å². The Balaban J connectivity index is 5.37. The minimum atomic E-state index is -1.49. The van der Waals surface area contributed by atoms with Crippen molar-refractivity contribution in [1.29, 1.82) is 0 Å². The lowest BCUT2D eigenvalue weighted by Gasteiger charge is -2.24. The van der Waals surface area contributed by atoms with Crippen LogP contribution in [0.25, 0.3) is 0 Å². The number of nitrogens with two attached hydrogens (primary N) is 3. The highest BCUT2D eigenvalue weighted by molar-refractivity contribution is 5.94. The summed E-state index contributed by atoms with van der Waals surface area (Å²) in [4.78, 5) is 70.5. The third kappa shape index (κ3) is 10.7. The average Bonchev–Trinajstić information content (AvgIpc) is 2.70. The van der Waals surface area contributed by atoms with Gasteiger partial charge < -0.3 is 43.4 Å². The SMILES string of the molecule is CC(C)C(N)C(=O)NC(CO)C(=O)NC(CCC(N)=O)C(=O)NC(CCC(N)=O)C(=O)O. The summed E-state index contributed by atoms with van der Waals surface area (Å²) < 4.78 is 0. The number of hydrogen-bond acceptors (Lipinski definition) is 8. The summed E-state index contributed by atoms with van der Waals surface area (Å²) in [5.41, 5.74) is 15.8. The van der Waals surface area contributed by atoms with Crippen LogP contribution in [-0.4, -0.2) is 76.5 Å². The lowest BCUT2D eigenvalue weighted by atomic mass is 10.0. The molecular formula is C18H32N6O8. The van der Waals surface area contributed by atoms with Crippen LogP contribution < -0.4 is 33.2 Å². The Morgan fingerprint density at radius 2 is 1.16 bits per heavy atom. The smallest absolute Gasteiger partial charge is 0.326 e. The Hall–Kier alpha value is -3.26. The van der Waals surface area contributed by atoms with Crippen molar-refractivity contribution in [2.24, 2.45) is 23.1 Å². The molecule has 14 heteroatoms. The summed E-state index contributed by atoms with van der Waals surface area (Å²) in [6, 6.07) is -5.32. The summed E-state index contributed by atoms with van der Waals surface area (Å²) in [7, 11) is 0. The van der Waals surface area contributed by atoms with Gasteiger partial charge in [0.25, 0.3) is 0 Å². The van der Waals surface area contributed by atoms with Crippen molar-refractivity contribution in [3.8, 4) is 0 Å². The second-order valence-electron chi connectivity index (χ2n) is 7.48. The van der Waals surface area contributed by atoms with E-state index < -0.39 is 66.3 Å². The van der Waals surface area contributed by atoms with Gasteiger partial charge in [-0.1, -0.05) is 13.8 Å². The highest BCUT2D eigenvalue weighted by atomic mass is 16.4. The molecule has 14 nitrogen and oxygen atoms in total. The molecule has 0 rings (SSSR count). The molecule has 0 aromatic heterocycles. The van der Waals surface area contributed by atoms with Gasteiger partial charge >= 0.3 is 5.97 Å². The van der Waals surface area contributed by atoms with E-state index in [0.29, 0.717) is 0 Å². The molecule has 0 aromatic carbocycles. The number of nitrogens with one attached hydrogen (secondary N) is 3. The number of amides is 5. The predicted octanol–water partition coefficient (Wildman–Crippen LogP) is -3.97. The first-order valence-electron chi connectivity index (χ1n) is 9.87. The highest BCUT2D eigenvalue weighted by Crippen LogP contribution is 2.04.